The lowest BCUT2D eigenvalue weighted by Crippen LogP contribution is -2.15. The Morgan fingerprint density at radius 3 is 2.69 bits per heavy atom. The molecule has 86 valence electrons. The number of anilines is 1. The molecule has 0 amide bonds. The van der Waals surface area contributed by atoms with Crippen molar-refractivity contribution in [2.45, 2.75) is 33.2 Å². The third kappa shape index (κ3) is 2.40. The quantitative estimate of drug-likeness (QED) is 0.803. The van der Waals surface area contributed by atoms with Crippen LogP contribution >= 0.6 is 11.8 Å². The molecule has 1 N–H and O–H groups in total. The van der Waals surface area contributed by atoms with E-state index in [-0.39, 0.29) is 5.54 Å². The Hall–Kier alpha value is -0.960. The zero-order chi connectivity index (χ0) is 11.8. The van der Waals surface area contributed by atoms with Gasteiger partial charge in [-0.1, -0.05) is 23.9 Å². The van der Waals surface area contributed by atoms with Gasteiger partial charge in [0.1, 0.15) is 0 Å². The average molecular weight is 234 g/mol. The van der Waals surface area contributed by atoms with E-state index >= 15 is 0 Å². The maximum absolute atomic E-state index is 4.65. The summed E-state index contributed by atoms with van der Waals surface area (Å²) in [6, 6.07) is 6.32. The molecule has 0 bridgehead atoms. The Morgan fingerprint density at radius 1 is 1.31 bits per heavy atom. The Labute approximate surface area is 102 Å². The molecule has 0 aliphatic carbocycles. The molecule has 0 unspecified atom stereocenters. The van der Waals surface area contributed by atoms with Gasteiger partial charge in [0.2, 0.25) is 0 Å². The fourth-order valence-corrected chi connectivity index (χ4v) is 2.70. The third-order valence-corrected chi connectivity index (χ3v) is 4.13. The van der Waals surface area contributed by atoms with Gasteiger partial charge < -0.3 is 5.32 Å². The number of rotatable bonds is 1. The van der Waals surface area contributed by atoms with E-state index in [9.17, 15) is 0 Å². The largest absolute Gasteiger partial charge is 0.335 e. The van der Waals surface area contributed by atoms with Crippen molar-refractivity contribution >= 4 is 22.6 Å². The van der Waals surface area contributed by atoms with E-state index in [4.69, 9.17) is 0 Å². The predicted octanol–water partition coefficient (Wildman–Crippen LogP) is 3.60. The van der Waals surface area contributed by atoms with Gasteiger partial charge in [-0.25, -0.2) is 0 Å². The lowest BCUT2D eigenvalue weighted by atomic mass is 10.1. The summed E-state index contributed by atoms with van der Waals surface area (Å²) >= 11 is 1.80. The van der Waals surface area contributed by atoms with Gasteiger partial charge in [-0.2, -0.15) is 0 Å². The molecule has 1 aliphatic heterocycles. The molecule has 1 aromatic rings. The van der Waals surface area contributed by atoms with E-state index in [1.807, 2.05) is 0 Å². The summed E-state index contributed by atoms with van der Waals surface area (Å²) in [7, 11) is 0. The average Bonchev–Trinajstić information content (AvgIpc) is 2.53. The summed E-state index contributed by atoms with van der Waals surface area (Å²) in [5.74, 6) is 1.06. The molecular weight excluding hydrogens is 216 g/mol. The van der Waals surface area contributed by atoms with Crippen LogP contribution < -0.4 is 5.32 Å². The van der Waals surface area contributed by atoms with E-state index in [0.717, 1.165) is 10.9 Å². The smallest absolute Gasteiger partial charge is 0.161 e. The van der Waals surface area contributed by atoms with Crippen LogP contribution in [0.15, 0.2) is 23.2 Å². The van der Waals surface area contributed by atoms with Crippen LogP contribution in [0.3, 0.4) is 0 Å². The minimum absolute atomic E-state index is 0.0741. The molecule has 0 aromatic heterocycles. The third-order valence-electron chi connectivity index (χ3n) is 2.81. The second kappa shape index (κ2) is 4.13. The van der Waals surface area contributed by atoms with Crippen molar-refractivity contribution in [1.29, 1.82) is 0 Å². The Morgan fingerprint density at radius 2 is 2.06 bits per heavy atom. The van der Waals surface area contributed by atoms with Crippen LogP contribution in [-0.2, 0) is 0 Å². The van der Waals surface area contributed by atoms with E-state index < -0.39 is 0 Å². The fraction of sp³-hybridized carbons (Fsp3) is 0.462. The van der Waals surface area contributed by atoms with Gasteiger partial charge >= 0.3 is 0 Å². The molecule has 1 aliphatic rings. The minimum atomic E-state index is 0.0741. The highest BCUT2D eigenvalue weighted by molar-refractivity contribution is 8.14. The Kier molecular flexibility index (Phi) is 2.98. The first-order valence-electron chi connectivity index (χ1n) is 5.54. The minimum Gasteiger partial charge on any atom is -0.335 e. The second-order valence-electron chi connectivity index (χ2n) is 4.89. The van der Waals surface area contributed by atoms with Crippen LogP contribution in [0.25, 0.3) is 0 Å². The van der Waals surface area contributed by atoms with E-state index in [1.54, 1.807) is 11.8 Å². The number of thioether (sulfide) groups is 1. The number of nitrogens with zero attached hydrogens (tertiary/aromatic N) is 1. The van der Waals surface area contributed by atoms with Crippen molar-refractivity contribution in [3.63, 3.8) is 0 Å². The lowest BCUT2D eigenvalue weighted by Gasteiger charge is -2.11. The first kappa shape index (κ1) is 11.5. The molecule has 2 nitrogen and oxygen atoms in total. The maximum Gasteiger partial charge on any atom is 0.161 e. The molecule has 3 heteroatoms. The molecule has 0 saturated heterocycles. The van der Waals surface area contributed by atoms with E-state index in [2.05, 4.69) is 56.2 Å². The molecule has 1 aromatic carbocycles. The topological polar surface area (TPSA) is 24.4 Å². The number of aliphatic imine (C=N–C) groups is 1. The van der Waals surface area contributed by atoms with Gasteiger partial charge in [0.25, 0.3) is 0 Å². The van der Waals surface area contributed by atoms with Crippen LogP contribution in [0.2, 0.25) is 0 Å². The summed E-state index contributed by atoms with van der Waals surface area (Å²) in [6.45, 7) is 8.60. The monoisotopic (exact) mass is 234 g/mol. The second-order valence-corrected chi connectivity index (χ2v) is 5.85. The summed E-state index contributed by atoms with van der Waals surface area (Å²) in [6.07, 6.45) is 0. The number of aryl methyl sites for hydroxylation is 1. The van der Waals surface area contributed by atoms with Crippen molar-refractivity contribution in [2.24, 2.45) is 4.99 Å². The van der Waals surface area contributed by atoms with Gasteiger partial charge in [-0.05, 0) is 44.9 Å². The van der Waals surface area contributed by atoms with E-state index in [0.29, 0.717) is 0 Å². The number of amidine groups is 1. The number of hydrogen-bond donors (Lipinski definition) is 1. The normalized spacial score (nSPS) is 18.4. The van der Waals surface area contributed by atoms with Crippen molar-refractivity contribution in [3.05, 3.63) is 29.3 Å². The Balaban J connectivity index is 2.20. The standard InChI is InChI=1S/C13H18N2S/c1-9-6-5-7-11(10(9)2)14-12-15-13(3,4)8-16-12/h5-7H,8H2,1-4H3,(H,14,15). The van der Waals surface area contributed by atoms with Crippen LogP contribution in [-0.4, -0.2) is 16.5 Å². The van der Waals surface area contributed by atoms with Crippen molar-refractivity contribution in [3.8, 4) is 0 Å². The maximum atomic E-state index is 4.65. The molecule has 16 heavy (non-hydrogen) atoms. The highest BCUT2D eigenvalue weighted by atomic mass is 32.2. The lowest BCUT2D eigenvalue weighted by molar-refractivity contribution is 0.605. The van der Waals surface area contributed by atoms with Crippen LogP contribution in [0, 0.1) is 13.8 Å². The van der Waals surface area contributed by atoms with Gasteiger partial charge in [0.05, 0.1) is 5.54 Å². The van der Waals surface area contributed by atoms with Gasteiger partial charge in [-0.15, -0.1) is 0 Å². The zero-order valence-corrected chi connectivity index (χ0v) is 11.1. The van der Waals surface area contributed by atoms with Gasteiger partial charge in [0.15, 0.2) is 5.17 Å². The summed E-state index contributed by atoms with van der Waals surface area (Å²) in [5, 5.41) is 4.46. The predicted molar refractivity (Wildman–Crippen MR) is 73.5 cm³/mol. The first-order chi connectivity index (χ1) is 7.48. The molecule has 0 spiro atoms. The fourth-order valence-electron chi connectivity index (χ4n) is 1.65. The molecule has 1 heterocycles. The number of nitrogens with one attached hydrogen (secondary N) is 1. The van der Waals surface area contributed by atoms with Crippen LogP contribution in [0.1, 0.15) is 25.0 Å². The molecular formula is C13H18N2S. The summed E-state index contributed by atoms with van der Waals surface area (Å²) in [4.78, 5) is 4.65. The molecule has 0 fully saturated rings. The number of benzene rings is 1. The highest BCUT2D eigenvalue weighted by Crippen LogP contribution is 2.28. The van der Waals surface area contributed by atoms with Crippen molar-refractivity contribution in [2.75, 3.05) is 11.1 Å². The first-order valence-corrected chi connectivity index (χ1v) is 6.52. The van der Waals surface area contributed by atoms with Gasteiger partial charge in [0, 0.05) is 11.4 Å². The Bertz CT molecular complexity index is 436. The van der Waals surface area contributed by atoms with Crippen LogP contribution in [0.5, 0.6) is 0 Å². The summed E-state index contributed by atoms with van der Waals surface area (Å²) in [5.41, 5.74) is 3.86. The molecule has 0 radical (unpaired) electrons. The van der Waals surface area contributed by atoms with Gasteiger partial charge in [-0.3, -0.25) is 4.99 Å². The molecule has 0 atom stereocenters. The highest BCUT2D eigenvalue weighted by Gasteiger charge is 2.25. The summed E-state index contributed by atoms with van der Waals surface area (Å²) < 4.78 is 0. The zero-order valence-electron chi connectivity index (χ0n) is 10.3. The van der Waals surface area contributed by atoms with Crippen molar-refractivity contribution < 1.29 is 0 Å². The van der Waals surface area contributed by atoms with Crippen molar-refractivity contribution in [1.82, 2.24) is 0 Å². The molecule has 2 rings (SSSR count). The van der Waals surface area contributed by atoms with E-state index in [1.165, 1.54) is 16.8 Å². The molecule has 0 saturated carbocycles. The SMILES string of the molecule is Cc1cccc(NC2=NC(C)(C)CS2)c1C. The van der Waals surface area contributed by atoms with Crippen LogP contribution in [0.4, 0.5) is 5.69 Å². The number of hydrogen-bond acceptors (Lipinski definition) is 3.